The number of likely N-dealkylation sites (tertiary alicyclic amines) is 1. The second-order valence-electron chi connectivity index (χ2n) is 7.66. The van der Waals surface area contributed by atoms with Crippen LogP contribution in [0.2, 0.25) is 5.02 Å². The number of aliphatic hydroxyl groups excluding tert-OH is 1. The Labute approximate surface area is 187 Å². The van der Waals surface area contributed by atoms with Crippen LogP contribution in [0.5, 0.6) is 5.75 Å². The molecule has 2 aromatic carbocycles. The SMILES string of the molecule is CCOc1cccc(C(O)=C2C(=O)C(=O)N(CCCN(C)C)C2c2ccc(Cl)cc2)c1. The summed E-state index contributed by atoms with van der Waals surface area (Å²) in [4.78, 5) is 29.5. The van der Waals surface area contributed by atoms with Crippen molar-refractivity contribution in [2.45, 2.75) is 19.4 Å². The van der Waals surface area contributed by atoms with Crippen molar-refractivity contribution in [3.63, 3.8) is 0 Å². The molecule has 1 N–H and O–H groups in total. The molecule has 1 amide bonds. The molecule has 31 heavy (non-hydrogen) atoms. The van der Waals surface area contributed by atoms with E-state index in [1.807, 2.05) is 25.9 Å². The molecule has 7 heteroatoms. The summed E-state index contributed by atoms with van der Waals surface area (Å²) in [7, 11) is 3.91. The van der Waals surface area contributed by atoms with Gasteiger partial charge in [-0.15, -0.1) is 0 Å². The number of hydrogen-bond acceptors (Lipinski definition) is 5. The predicted octanol–water partition coefficient (Wildman–Crippen LogP) is 4.11. The molecule has 1 aliphatic heterocycles. The van der Waals surface area contributed by atoms with Gasteiger partial charge in [0.2, 0.25) is 0 Å². The molecule has 1 heterocycles. The monoisotopic (exact) mass is 442 g/mol. The first kappa shape index (κ1) is 22.8. The third-order valence-electron chi connectivity index (χ3n) is 5.15. The molecule has 0 saturated carbocycles. The van der Waals surface area contributed by atoms with Gasteiger partial charge in [-0.05, 0) is 63.8 Å². The van der Waals surface area contributed by atoms with E-state index in [9.17, 15) is 14.7 Å². The molecule has 2 aromatic rings. The maximum atomic E-state index is 13.0. The van der Waals surface area contributed by atoms with E-state index in [4.69, 9.17) is 16.3 Å². The lowest BCUT2D eigenvalue weighted by Crippen LogP contribution is -2.32. The molecule has 1 fully saturated rings. The number of Topliss-reactive ketones (excluding diaryl/α,β-unsaturated/α-hetero) is 1. The molecular formula is C24H27ClN2O4. The summed E-state index contributed by atoms with van der Waals surface area (Å²) in [5, 5.41) is 11.7. The maximum Gasteiger partial charge on any atom is 0.295 e. The molecule has 0 aliphatic carbocycles. The van der Waals surface area contributed by atoms with Gasteiger partial charge in [0.25, 0.3) is 11.7 Å². The minimum Gasteiger partial charge on any atom is -0.507 e. The Kier molecular flexibility index (Phi) is 7.36. The molecular weight excluding hydrogens is 416 g/mol. The van der Waals surface area contributed by atoms with Gasteiger partial charge in [0.05, 0.1) is 18.2 Å². The minimum atomic E-state index is -0.691. The number of carbonyl (C=O) groups is 2. The average Bonchev–Trinajstić information content (AvgIpc) is 2.99. The highest BCUT2D eigenvalue weighted by atomic mass is 35.5. The van der Waals surface area contributed by atoms with E-state index in [0.29, 0.717) is 35.9 Å². The number of carbonyl (C=O) groups excluding carboxylic acids is 2. The van der Waals surface area contributed by atoms with Gasteiger partial charge in [0, 0.05) is 17.1 Å². The van der Waals surface area contributed by atoms with Gasteiger partial charge in [-0.2, -0.15) is 0 Å². The molecule has 1 unspecified atom stereocenters. The fourth-order valence-corrected chi connectivity index (χ4v) is 3.84. The first-order valence-corrected chi connectivity index (χ1v) is 10.6. The van der Waals surface area contributed by atoms with E-state index in [0.717, 1.165) is 12.1 Å². The maximum absolute atomic E-state index is 13.0. The first-order chi connectivity index (χ1) is 14.8. The Morgan fingerprint density at radius 3 is 2.52 bits per heavy atom. The van der Waals surface area contributed by atoms with Crippen LogP contribution in [0.25, 0.3) is 5.76 Å². The largest absolute Gasteiger partial charge is 0.507 e. The van der Waals surface area contributed by atoms with Crippen molar-refractivity contribution < 1.29 is 19.4 Å². The number of nitrogens with zero attached hydrogens (tertiary/aromatic N) is 2. The van der Waals surface area contributed by atoms with E-state index in [1.54, 1.807) is 48.5 Å². The van der Waals surface area contributed by atoms with Crippen LogP contribution >= 0.6 is 11.6 Å². The third-order valence-corrected chi connectivity index (χ3v) is 5.40. The zero-order chi connectivity index (χ0) is 22.5. The van der Waals surface area contributed by atoms with Crippen LogP contribution in [-0.2, 0) is 9.59 Å². The summed E-state index contributed by atoms with van der Waals surface area (Å²) >= 11 is 6.04. The van der Waals surface area contributed by atoms with Gasteiger partial charge >= 0.3 is 0 Å². The van der Waals surface area contributed by atoms with Crippen LogP contribution in [0.1, 0.15) is 30.5 Å². The summed E-state index contributed by atoms with van der Waals surface area (Å²) in [6.45, 7) is 3.51. The van der Waals surface area contributed by atoms with E-state index in [-0.39, 0.29) is 11.3 Å². The van der Waals surface area contributed by atoms with Gasteiger partial charge in [-0.25, -0.2) is 0 Å². The highest BCUT2D eigenvalue weighted by molar-refractivity contribution is 6.46. The second-order valence-corrected chi connectivity index (χ2v) is 8.10. The van der Waals surface area contributed by atoms with Crippen molar-refractivity contribution >= 4 is 29.1 Å². The van der Waals surface area contributed by atoms with Crippen LogP contribution < -0.4 is 4.74 Å². The van der Waals surface area contributed by atoms with Gasteiger partial charge in [-0.1, -0.05) is 35.9 Å². The highest BCUT2D eigenvalue weighted by Crippen LogP contribution is 2.40. The summed E-state index contributed by atoms with van der Waals surface area (Å²) in [6, 6.07) is 13.2. The van der Waals surface area contributed by atoms with Crippen LogP contribution in [0.4, 0.5) is 0 Å². The Morgan fingerprint density at radius 2 is 1.87 bits per heavy atom. The van der Waals surface area contributed by atoms with Crippen molar-refractivity contribution in [1.29, 1.82) is 0 Å². The number of ketones is 1. The zero-order valence-electron chi connectivity index (χ0n) is 18.0. The van der Waals surface area contributed by atoms with E-state index in [1.165, 1.54) is 4.90 Å². The van der Waals surface area contributed by atoms with Crippen LogP contribution in [0, 0.1) is 0 Å². The molecule has 1 saturated heterocycles. The summed E-state index contributed by atoms with van der Waals surface area (Å²) < 4.78 is 5.51. The molecule has 0 spiro atoms. The van der Waals surface area contributed by atoms with Crippen molar-refractivity contribution in [1.82, 2.24) is 9.80 Å². The smallest absolute Gasteiger partial charge is 0.295 e. The topological polar surface area (TPSA) is 70.1 Å². The number of amides is 1. The number of ether oxygens (including phenoxy) is 1. The number of hydrogen-bond donors (Lipinski definition) is 1. The summed E-state index contributed by atoms with van der Waals surface area (Å²) in [5.41, 5.74) is 1.22. The minimum absolute atomic E-state index is 0.0748. The fourth-order valence-electron chi connectivity index (χ4n) is 3.71. The lowest BCUT2D eigenvalue weighted by atomic mass is 9.95. The van der Waals surface area contributed by atoms with E-state index < -0.39 is 17.7 Å². The lowest BCUT2D eigenvalue weighted by Gasteiger charge is -2.26. The first-order valence-electron chi connectivity index (χ1n) is 10.2. The number of benzene rings is 2. The van der Waals surface area contributed by atoms with Gasteiger partial charge in [-0.3, -0.25) is 9.59 Å². The van der Waals surface area contributed by atoms with Crippen molar-refractivity contribution in [3.05, 3.63) is 70.3 Å². The zero-order valence-corrected chi connectivity index (χ0v) is 18.7. The summed E-state index contributed by atoms with van der Waals surface area (Å²) in [6.07, 6.45) is 0.698. The molecule has 1 aliphatic rings. The third kappa shape index (κ3) is 5.09. The number of halogens is 1. The quantitative estimate of drug-likeness (QED) is 0.378. The molecule has 0 aromatic heterocycles. The second kappa shape index (κ2) is 9.98. The van der Waals surface area contributed by atoms with Crippen LogP contribution in [0.3, 0.4) is 0 Å². The molecule has 164 valence electrons. The Morgan fingerprint density at radius 1 is 1.16 bits per heavy atom. The van der Waals surface area contributed by atoms with E-state index >= 15 is 0 Å². The van der Waals surface area contributed by atoms with Crippen molar-refractivity contribution in [3.8, 4) is 5.75 Å². The Hall–Kier alpha value is -2.83. The van der Waals surface area contributed by atoms with Crippen molar-refractivity contribution in [2.75, 3.05) is 33.8 Å². The molecule has 1 atom stereocenters. The standard InChI is InChI=1S/C24H27ClN2O4/c1-4-31-19-8-5-7-17(15-19)22(28)20-21(16-9-11-18(25)12-10-16)27(24(30)23(20)29)14-6-13-26(2)3/h5,7-12,15,21,28H,4,6,13-14H2,1-3H3. The highest BCUT2D eigenvalue weighted by Gasteiger charge is 2.45. The van der Waals surface area contributed by atoms with Crippen LogP contribution in [-0.4, -0.2) is 60.4 Å². The Bertz CT molecular complexity index is 985. The van der Waals surface area contributed by atoms with Gasteiger partial charge in [0.15, 0.2) is 0 Å². The lowest BCUT2D eigenvalue weighted by molar-refractivity contribution is -0.139. The summed E-state index contributed by atoms with van der Waals surface area (Å²) in [5.74, 6) is -0.935. The van der Waals surface area contributed by atoms with Gasteiger partial charge in [0.1, 0.15) is 11.5 Å². The predicted molar refractivity (Wildman–Crippen MR) is 121 cm³/mol. The fraction of sp³-hybridized carbons (Fsp3) is 0.333. The normalized spacial score (nSPS) is 18.1. The molecule has 3 rings (SSSR count). The average molecular weight is 443 g/mol. The van der Waals surface area contributed by atoms with E-state index in [2.05, 4.69) is 0 Å². The molecule has 6 nitrogen and oxygen atoms in total. The number of aliphatic hydroxyl groups is 1. The van der Waals surface area contributed by atoms with Gasteiger partial charge < -0.3 is 19.6 Å². The van der Waals surface area contributed by atoms with Crippen LogP contribution in [0.15, 0.2) is 54.1 Å². The Balaban J connectivity index is 2.08. The molecule has 0 radical (unpaired) electrons. The molecule has 0 bridgehead atoms. The van der Waals surface area contributed by atoms with Crippen molar-refractivity contribution in [2.24, 2.45) is 0 Å². The number of rotatable bonds is 8.